The van der Waals surface area contributed by atoms with Crippen LogP contribution in [0.2, 0.25) is 0 Å². The fourth-order valence-corrected chi connectivity index (χ4v) is 2.12. The molecule has 1 aliphatic rings. The minimum atomic E-state index is -1.01. The maximum Gasteiger partial charge on any atom is 0.305 e. The number of aliphatic carboxylic acids is 1. The van der Waals surface area contributed by atoms with Gasteiger partial charge in [-0.2, -0.15) is 0 Å². The first-order valence-corrected chi connectivity index (χ1v) is 6.57. The summed E-state index contributed by atoms with van der Waals surface area (Å²) in [5, 5.41) is 8.68. The first-order chi connectivity index (χ1) is 9.56. The van der Waals surface area contributed by atoms with Crippen molar-refractivity contribution in [3.05, 3.63) is 29.6 Å². The van der Waals surface area contributed by atoms with Crippen LogP contribution in [0.25, 0.3) is 0 Å². The van der Waals surface area contributed by atoms with E-state index in [1.54, 1.807) is 6.07 Å². The largest absolute Gasteiger partial charge is 0.487 e. The second-order valence-corrected chi connectivity index (χ2v) is 4.82. The van der Waals surface area contributed by atoms with Crippen LogP contribution in [0, 0.1) is 5.82 Å². The number of nitrogens with two attached hydrogens (primary N) is 1. The fourth-order valence-electron chi connectivity index (χ4n) is 2.12. The summed E-state index contributed by atoms with van der Waals surface area (Å²) in [6.07, 6.45) is 1.19. The Balaban J connectivity index is 2.03. The van der Waals surface area contributed by atoms with E-state index in [1.165, 1.54) is 12.1 Å². The highest BCUT2D eigenvalue weighted by Gasteiger charge is 2.18. The number of hydrogen-bond acceptors (Lipinski definition) is 4. The average molecular weight is 283 g/mol. The molecule has 1 saturated heterocycles. The molecular weight excluding hydrogens is 265 g/mol. The number of carbonyl (C=O) groups is 1. The Morgan fingerprint density at radius 1 is 1.50 bits per heavy atom. The molecule has 5 nitrogen and oxygen atoms in total. The highest BCUT2D eigenvalue weighted by atomic mass is 19.1. The van der Waals surface area contributed by atoms with Gasteiger partial charge in [0.2, 0.25) is 0 Å². The van der Waals surface area contributed by atoms with Crippen molar-refractivity contribution in [2.75, 3.05) is 13.2 Å². The lowest BCUT2D eigenvalue weighted by Gasteiger charge is -2.23. The zero-order valence-corrected chi connectivity index (χ0v) is 11.0. The Morgan fingerprint density at radius 3 is 2.80 bits per heavy atom. The van der Waals surface area contributed by atoms with Gasteiger partial charge in [-0.3, -0.25) is 4.79 Å². The van der Waals surface area contributed by atoms with E-state index in [4.69, 9.17) is 20.3 Å². The summed E-state index contributed by atoms with van der Waals surface area (Å²) >= 11 is 0. The van der Waals surface area contributed by atoms with Gasteiger partial charge < -0.3 is 20.3 Å². The first-order valence-electron chi connectivity index (χ1n) is 6.57. The van der Waals surface area contributed by atoms with Gasteiger partial charge in [0.25, 0.3) is 0 Å². The summed E-state index contributed by atoms with van der Waals surface area (Å²) in [6.45, 7) is 1.24. The predicted molar refractivity (Wildman–Crippen MR) is 70.1 cm³/mol. The summed E-state index contributed by atoms with van der Waals surface area (Å²) < 4.78 is 24.7. The molecule has 0 radical (unpaired) electrons. The van der Waals surface area contributed by atoms with Gasteiger partial charge in [0.1, 0.15) is 6.10 Å². The molecule has 0 amide bonds. The molecular formula is C14H18FNO4. The molecule has 1 unspecified atom stereocenters. The zero-order valence-electron chi connectivity index (χ0n) is 11.0. The molecule has 1 fully saturated rings. The van der Waals surface area contributed by atoms with Crippen molar-refractivity contribution in [3.63, 3.8) is 0 Å². The van der Waals surface area contributed by atoms with E-state index in [0.717, 1.165) is 12.8 Å². The van der Waals surface area contributed by atoms with Crippen molar-refractivity contribution in [2.24, 2.45) is 5.73 Å². The Kier molecular flexibility index (Phi) is 4.92. The third kappa shape index (κ3) is 3.91. The van der Waals surface area contributed by atoms with Gasteiger partial charge in [0.05, 0.1) is 19.6 Å². The maximum atomic E-state index is 13.9. The molecule has 0 aliphatic carbocycles. The minimum Gasteiger partial charge on any atom is -0.487 e. The number of halogens is 1. The van der Waals surface area contributed by atoms with E-state index >= 15 is 0 Å². The van der Waals surface area contributed by atoms with Crippen LogP contribution in [0.4, 0.5) is 4.39 Å². The molecule has 1 atom stereocenters. The average Bonchev–Trinajstić information content (AvgIpc) is 2.41. The summed E-state index contributed by atoms with van der Waals surface area (Å²) in [4.78, 5) is 10.6. The van der Waals surface area contributed by atoms with Gasteiger partial charge in [-0.05, 0) is 17.7 Å². The van der Waals surface area contributed by atoms with Crippen LogP contribution >= 0.6 is 0 Å². The number of ether oxygens (including phenoxy) is 2. The number of carboxylic acids is 1. The van der Waals surface area contributed by atoms with E-state index < -0.39 is 17.8 Å². The molecule has 1 aromatic carbocycles. The van der Waals surface area contributed by atoms with Crippen LogP contribution in [0.5, 0.6) is 5.75 Å². The third-order valence-corrected chi connectivity index (χ3v) is 3.24. The number of benzene rings is 1. The zero-order chi connectivity index (χ0) is 14.5. The SMILES string of the molecule is NC(CC(=O)O)c1ccc(OC2CCOCC2)c(F)c1. The van der Waals surface area contributed by atoms with E-state index in [0.29, 0.717) is 18.8 Å². The van der Waals surface area contributed by atoms with Gasteiger partial charge in [0.15, 0.2) is 11.6 Å². The maximum absolute atomic E-state index is 13.9. The smallest absolute Gasteiger partial charge is 0.305 e. The second-order valence-electron chi connectivity index (χ2n) is 4.82. The van der Waals surface area contributed by atoms with E-state index in [2.05, 4.69) is 0 Å². The molecule has 1 aliphatic heterocycles. The summed E-state index contributed by atoms with van der Waals surface area (Å²) in [7, 11) is 0. The van der Waals surface area contributed by atoms with Crippen molar-refractivity contribution in [2.45, 2.75) is 31.4 Å². The molecule has 1 heterocycles. The molecule has 0 bridgehead atoms. The Labute approximate surface area is 116 Å². The van der Waals surface area contributed by atoms with Gasteiger partial charge >= 0.3 is 5.97 Å². The van der Waals surface area contributed by atoms with Crippen molar-refractivity contribution in [1.29, 1.82) is 0 Å². The van der Waals surface area contributed by atoms with Crippen LogP contribution in [0.15, 0.2) is 18.2 Å². The Hall–Kier alpha value is -1.66. The van der Waals surface area contributed by atoms with Crippen LogP contribution in [-0.2, 0) is 9.53 Å². The lowest BCUT2D eigenvalue weighted by molar-refractivity contribution is -0.137. The lowest BCUT2D eigenvalue weighted by atomic mass is 10.0. The number of carboxylic acid groups (broad SMARTS) is 1. The molecule has 6 heteroatoms. The normalized spacial score (nSPS) is 17.7. The molecule has 2 rings (SSSR count). The van der Waals surface area contributed by atoms with Crippen molar-refractivity contribution in [1.82, 2.24) is 0 Å². The monoisotopic (exact) mass is 283 g/mol. The molecule has 20 heavy (non-hydrogen) atoms. The van der Waals surface area contributed by atoms with Crippen LogP contribution in [0.1, 0.15) is 30.9 Å². The predicted octanol–water partition coefficient (Wildman–Crippen LogP) is 1.86. The Morgan fingerprint density at radius 2 is 2.20 bits per heavy atom. The molecule has 0 saturated carbocycles. The van der Waals surface area contributed by atoms with Crippen LogP contribution < -0.4 is 10.5 Å². The molecule has 110 valence electrons. The highest BCUT2D eigenvalue weighted by molar-refractivity contribution is 5.67. The minimum absolute atomic E-state index is 0.0446. The fraction of sp³-hybridized carbons (Fsp3) is 0.500. The lowest BCUT2D eigenvalue weighted by Crippen LogP contribution is -2.26. The molecule has 3 N–H and O–H groups in total. The molecule has 0 aromatic heterocycles. The van der Waals surface area contributed by atoms with Crippen molar-refractivity contribution < 1.29 is 23.8 Å². The number of hydrogen-bond donors (Lipinski definition) is 2. The standard InChI is InChI=1S/C14H18FNO4/c15-11-7-9(12(16)8-14(17)18)1-2-13(11)20-10-3-5-19-6-4-10/h1-2,7,10,12H,3-6,8,16H2,(H,17,18). The first kappa shape index (κ1) is 14.7. The highest BCUT2D eigenvalue weighted by Crippen LogP contribution is 2.25. The number of rotatable bonds is 5. The van der Waals surface area contributed by atoms with Gasteiger partial charge in [-0.15, -0.1) is 0 Å². The Bertz CT molecular complexity index is 474. The van der Waals surface area contributed by atoms with Gasteiger partial charge in [0, 0.05) is 18.9 Å². The summed E-state index contributed by atoms with van der Waals surface area (Å²) in [5.41, 5.74) is 6.14. The van der Waals surface area contributed by atoms with E-state index in [-0.39, 0.29) is 18.3 Å². The van der Waals surface area contributed by atoms with Gasteiger partial charge in [-0.25, -0.2) is 4.39 Å². The van der Waals surface area contributed by atoms with Crippen molar-refractivity contribution in [3.8, 4) is 5.75 Å². The molecule has 0 spiro atoms. The topological polar surface area (TPSA) is 81.8 Å². The second kappa shape index (κ2) is 6.67. The third-order valence-electron chi connectivity index (χ3n) is 3.24. The van der Waals surface area contributed by atoms with Gasteiger partial charge in [-0.1, -0.05) is 6.07 Å². The van der Waals surface area contributed by atoms with Crippen LogP contribution in [-0.4, -0.2) is 30.4 Å². The summed E-state index contributed by atoms with van der Waals surface area (Å²) in [5.74, 6) is -1.36. The summed E-state index contributed by atoms with van der Waals surface area (Å²) in [6, 6.07) is 3.62. The molecule has 1 aromatic rings. The van der Waals surface area contributed by atoms with Crippen LogP contribution in [0.3, 0.4) is 0 Å². The van der Waals surface area contributed by atoms with Crippen molar-refractivity contribution >= 4 is 5.97 Å². The van der Waals surface area contributed by atoms with E-state index in [9.17, 15) is 9.18 Å². The van der Waals surface area contributed by atoms with E-state index in [1.807, 2.05) is 0 Å². The quantitative estimate of drug-likeness (QED) is 0.862.